The standard InChI is InChI=1S/C14H20OS/c1-14(2,3)11-6-5-7-12(13(11)16-4)15-10-8-9-10/h5-7,10H,8-9H2,1-4H3. The van der Waals surface area contributed by atoms with Crippen molar-refractivity contribution in [1.82, 2.24) is 0 Å². The number of rotatable bonds is 3. The third kappa shape index (κ3) is 2.54. The van der Waals surface area contributed by atoms with Gasteiger partial charge in [-0.2, -0.15) is 0 Å². The summed E-state index contributed by atoms with van der Waals surface area (Å²) in [5.74, 6) is 1.07. The molecule has 0 heterocycles. The van der Waals surface area contributed by atoms with Crippen LogP contribution in [0, 0.1) is 0 Å². The highest BCUT2D eigenvalue weighted by Gasteiger charge is 2.26. The summed E-state index contributed by atoms with van der Waals surface area (Å²) >= 11 is 1.79. The maximum absolute atomic E-state index is 5.96. The second-order valence-corrected chi connectivity index (χ2v) is 6.22. The summed E-state index contributed by atoms with van der Waals surface area (Å²) in [4.78, 5) is 1.31. The molecular formula is C14H20OS. The molecule has 0 saturated heterocycles. The molecule has 88 valence electrons. The predicted octanol–water partition coefficient (Wildman–Crippen LogP) is 4.25. The van der Waals surface area contributed by atoms with Gasteiger partial charge in [0.05, 0.1) is 11.0 Å². The molecular weight excluding hydrogens is 216 g/mol. The second kappa shape index (κ2) is 4.33. The lowest BCUT2D eigenvalue weighted by molar-refractivity contribution is 0.294. The SMILES string of the molecule is CSc1c(OC2CC2)cccc1C(C)(C)C. The van der Waals surface area contributed by atoms with Gasteiger partial charge in [0.1, 0.15) is 5.75 Å². The van der Waals surface area contributed by atoms with Gasteiger partial charge in [0.25, 0.3) is 0 Å². The van der Waals surface area contributed by atoms with Gasteiger partial charge in [-0.15, -0.1) is 11.8 Å². The second-order valence-electron chi connectivity index (χ2n) is 5.40. The Hall–Kier alpha value is -0.630. The van der Waals surface area contributed by atoms with E-state index in [1.165, 1.54) is 23.3 Å². The molecule has 16 heavy (non-hydrogen) atoms. The fourth-order valence-electron chi connectivity index (χ4n) is 1.78. The van der Waals surface area contributed by atoms with Crippen LogP contribution in [-0.4, -0.2) is 12.4 Å². The predicted molar refractivity (Wildman–Crippen MR) is 70.6 cm³/mol. The molecule has 0 unspecified atom stereocenters. The molecule has 1 aliphatic carbocycles. The first-order valence-corrected chi connectivity index (χ1v) is 7.09. The van der Waals surface area contributed by atoms with Crippen LogP contribution >= 0.6 is 11.8 Å². The number of hydrogen-bond donors (Lipinski definition) is 0. The van der Waals surface area contributed by atoms with E-state index in [0.29, 0.717) is 6.10 Å². The molecule has 2 heteroatoms. The van der Waals surface area contributed by atoms with Crippen molar-refractivity contribution in [1.29, 1.82) is 0 Å². The van der Waals surface area contributed by atoms with Gasteiger partial charge in [-0.05, 0) is 36.1 Å². The quantitative estimate of drug-likeness (QED) is 0.726. The van der Waals surface area contributed by atoms with Gasteiger partial charge >= 0.3 is 0 Å². The van der Waals surface area contributed by atoms with Crippen LogP contribution in [0.15, 0.2) is 23.1 Å². The monoisotopic (exact) mass is 236 g/mol. The topological polar surface area (TPSA) is 9.23 Å². The van der Waals surface area contributed by atoms with Gasteiger partial charge in [-0.3, -0.25) is 0 Å². The Balaban J connectivity index is 2.37. The number of ether oxygens (including phenoxy) is 1. The molecule has 0 radical (unpaired) electrons. The lowest BCUT2D eigenvalue weighted by Crippen LogP contribution is -2.13. The molecule has 1 aliphatic rings. The zero-order valence-electron chi connectivity index (χ0n) is 10.5. The summed E-state index contributed by atoms with van der Waals surface area (Å²) in [5.41, 5.74) is 1.57. The molecule has 0 amide bonds. The Morgan fingerprint density at radius 3 is 2.44 bits per heavy atom. The molecule has 1 aromatic rings. The normalized spacial score (nSPS) is 16.2. The van der Waals surface area contributed by atoms with Crippen LogP contribution in [-0.2, 0) is 5.41 Å². The van der Waals surface area contributed by atoms with E-state index in [4.69, 9.17) is 4.74 Å². The van der Waals surface area contributed by atoms with Gasteiger partial charge in [0.15, 0.2) is 0 Å². The van der Waals surface area contributed by atoms with E-state index in [2.05, 4.69) is 45.2 Å². The minimum absolute atomic E-state index is 0.182. The van der Waals surface area contributed by atoms with Gasteiger partial charge in [0, 0.05) is 0 Å². The van der Waals surface area contributed by atoms with Gasteiger partial charge in [0.2, 0.25) is 0 Å². The molecule has 1 aromatic carbocycles. The summed E-state index contributed by atoms with van der Waals surface area (Å²) in [6, 6.07) is 6.42. The van der Waals surface area contributed by atoms with E-state index in [1.807, 2.05) is 0 Å². The average Bonchev–Trinajstić information content (AvgIpc) is 3.00. The summed E-state index contributed by atoms with van der Waals surface area (Å²) in [7, 11) is 0. The van der Waals surface area contributed by atoms with Crippen LogP contribution < -0.4 is 4.74 Å². The molecule has 1 saturated carbocycles. The van der Waals surface area contributed by atoms with Crippen molar-refractivity contribution in [2.45, 2.75) is 50.0 Å². The summed E-state index contributed by atoms with van der Waals surface area (Å²) in [5, 5.41) is 0. The van der Waals surface area contributed by atoms with Crippen LogP contribution in [0.4, 0.5) is 0 Å². The molecule has 1 nitrogen and oxygen atoms in total. The average molecular weight is 236 g/mol. The fourth-order valence-corrected chi connectivity index (χ4v) is 2.69. The highest BCUT2D eigenvalue weighted by molar-refractivity contribution is 7.98. The Labute approximate surface area is 103 Å². The maximum Gasteiger partial charge on any atom is 0.133 e. The Bertz CT molecular complexity index is 375. The molecule has 0 bridgehead atoms. The molecule has 0 atom stereocenters. The van der Waals surface area contributed by atoms with Crippen molar-refractivity contribution in [2.75, 3.05) is 6.26 Å². The van der Waals surface area contributed by atoms with Crippen LogP contribution in [0.25, 0.3) is 0 Å². The van der Waals surface area contributed by atoms with E-state index in [1.54, 1.807) is 11.8 Å². The van der Waals surface area contributed by atoms with Crippen LogP contribution in [0.2, 0.25) is 0 Å². The minimum atomic E-state index is 0.182. The molecule has 2 rings (SSSR count). The third-order valence-electron chi connectivity index (χ3n) is 2.81. The van der Waals surface area contributed by atoms with Crippen molar-refractivity contribution >= 4 is 11.8 Å². The maximum atomic E-state index is 5.96. The lowest BCUT2D eigenvalue weighted by atomic mass is 9.87. The largest absolute Gasteiger partial charge is 0.489 e. The summed E-state index contributed by atoms with van der Waals surface area (Å²) in [6.45, 7) is 6.76. The zero-order valence-corrected chi connectivity index (χ0v) is 11.4. The summed E-state index contributed by atoms with van der Waals surface area (Å²) < 4.78 is 5.96. The van der Waals surface area contributed by atoms with E-state index in [0.717, 1.165) is 5.75 Å². The van der Waals surface area contributed by atoms with Crippen LogP contribution in [0.5, 0.6) is 5.75 Å². The number of thioether (sulfide) groups is 1. The van der Waals surface area contributed by atoms with Crippen molar-refractivity contribution in [3.63, 3.8) is 0 Å². The smallest absolute Gasteiger partial charge is 0.133 e. The van der Waals surface area contributed by atoms with Crippen molar-refractivity contribution in [2.24, 2.45) is 0 Å². The van der Waals surface area contributed by atoms with E-state index < -0.39 is 0 Å². The highest BCUT2D eigenvalue weighted by atomic mass is 32.2. The summed E-state index contributed by atoms with van der Waals surface area (Å²) in [6.07, 6.45) is 5.03. The minimum Gasteiger partial charge on any atom is -0.489 e. The van der Waals surface area contributed by atoms with Crippen molar-refractivity contribution in [3.05, 3.63) is 23.8 Å². The third-order valence-corrected chi connectivity index (χ3v) is 3.64. The fraction of sp³-hybridized carbons (Fsp3) is 0.571. The van der Waals surface area contributed by atoms with E-state index >= 15 is 0 Å². The highest BCUT2D eigenvalue weighted by Crippen LogP contribution is 2.40. The van der Waals surface area contributed by atoms with Gasteiger partial charge in [-0.25, -0.2) is 0 Å². The lowest BCUT2D eigenvalue weighted by Gasteiger charge is -2.23. The molecule has 1 fully saturated rings. The van der Waals surface area contributed by atoms with Crippen molar-refractivity contribution in [3.8, 4) is 5.75 Å². The Morgan fingerprint density at radius 2 is 1.94 bits per heavy atom. The Morgan fingerprint density at radius 1 is 1.25 bits per heavy atom. The first-order chi connectivity index (χ1) is 7.52. The molecule has 0 aromatic heterocycles. The Kier molecular flexibility index (Phi) is 3.20. The molecule has 0 spiro atoms. The number of benzene rings is 1. The van der Waals surface area contributed by atoms with Crippen molar-refractivity contribution < 1.29 is 4.74 Å². The van der Waals surface area contributed by atoms with E-state index in [-0.39, 0.29) is 5.41 Å². The first kappa shape index (κ1) is 11.8. The van der Waals surface area contributed by atoms with Gasteiger partial charge < -0.3 is 4.74 Å². The zero-order chi connectivity index (χ0) is 11.8. The van der Waals surface area contributed by atoms with Gasteiger partial charge in [-0.1, -0.05) is 32.9 Å². The van der Waals surface area contributed by atoms with E-state index in [9.17, 15) is 0 Å². The molecule has 0 N–H and O–H groups in total. The molecule has 0 aliphatic heterocycles. The number of hydrogen-bond acceptors (Lipinski definition) is 2. The van der Waals surface area contributed by atoms with Crippen LogP contribution in [0.1, 0.15) is 39.2 Å². The first-order valence-electron chi connectivity index (χ1n) is 5.86. The van der Waals surface area contributed by atoms with Crippen LogP contribution in [0.3, 0.4) is 0 Å².